The van der Waals surface area contributed by atoms with Crippen LogP contribution >= 0.6 is 0 Å². The molecule has 0 spiro atoms. The van der Waals surface area contributed by atoms with Gasteiger partial charge in [0.05, 0.1) is 0 Å². The van der Waals surface area contributed by atoms with Crippen molar-refractivity contribution in [2.45, 2.75) is 39.5 Å². The maximum atomic E-state index is 11.6. The Bertz CT molecular complexity index is 246. The fourth-order valence-corrected chi connectivity index (χ4v) is 1.63. The summed E-state index contributed by atoms with van der Waals surface area (Å²) >= 11 is 0. The third-order valence-corrected chi connectivity index (χ3v) is 2.52. The molecule has 0 amide bonds. The van der Waals surface area contributed by atoms with Gasteiger partial charge in [-0.15, -0.1) is 6.58 Å². The minimum Gasteiger partial charge on any atom is -0.295 e. The quantitative estimate of drug-likeness (QED) is 0.606. The first-order valence-electron chi connectivity index (χ1n) is 4.88. The smallest absolute Gasteiger partial charge is 0.159 e. The molecule has 0 saturated carbocycles. The van der Waals surface area contributed by atoms with Crippen molar-refractivity contribution < 1.29 is 4.79 Å². The molecule has 0 radical (unpaired) electrons. The van der Waals surface area contributed by atoms with Crippen LogP contribution in [0.2, 0.25) is 0 Å². The average Bonchev–Trinajstić information content (AvgIpc) is 2.02. The van der Waals surface area contributed by atoms with Crippen LogP contribution in [0.3, 0.4) is 0 Å². The number of Topliss-reactive ketones (excluding diaryl/α,β-unsaturated/α-hetero) is 1. The molecule has 13 heavy (non-hydrogen) atoms. The maximum Gasteiger partial charge on any atom is 0.159 e. The van der Waals surface area contributed by atoms with Crippen LogP contribution in [0.15, 0.2) is 24.3 Å². The molecule has 0 N–H and O–H groups in total. The third-order valence-electron chi connectivity index (χ3n) is 2.52. The Hall–Kier alpha value is -0.850. The Morgan fingerprint density at radius 3 is 2.85 bits per heavy atom. The Balaban J connectivity index is 2.62. The number of ketones is 1. The zero-order valence-corrected chi connectivity index (χ0v) is 8.60. The number of carbonyl (C=O) groups is 1. The highest BCUT2D eigenvalue weighted by Gasteiger charge is 2.26. The minimum atomic E-state index is 0.175. The van der Waals surface area contributed by atoms with Gasteiger partial charge >= 0.3 is 0 Å². The molecule has 1 nitrogen and oxygen atoms in total. The molecule has 1 aliphatic carbocycles. The van der Waals surface area contributed by atoms with Gasteiger partial charge in [0.1, 0.15) is 0 Å². The van der Waals surface area contributed by atoms with Gasteiger partial charge in [0.25, 0.3) is 0 Å². The Morgan fingerprint density at radius 1 is 1.62 bits per heavy atom. The van der Waals surface area contributed by atoms with Crippen LogP contribution in [0.5, 0.6) is 0 Å². The van der Waals surface area contributed by atoms with Crippen LogP contribution in [0, 0.1) is 5.41 Å². The van der Waals surface area contributed by atoms with Gasteiger partial charge in [-0.2, -0.15) is 0 Å². The highest BCUT2D eigenvalue weighted by atomic mass is 16.1. The van der Waals surface area contributed by atoms with E-state index < -0.39 is 0 Å². The zero-order chi connectivity index (χ0) is 9.90. The second-order valence-corrected chi connectivity index (χ2v) is 4.53. The second kappa shape index (κ2) is 3.91. The van der Waals surface area contributed by atoms with E-state index in [-0.39, 0.29) is 5.41 Å². The summed E-state index contributed by atoms with van der Waals surface area (Å²) < 4.78 is 0. The Labute approximate surface area is 80.5 Å². The summed E-state index contributed by atoms with van der Waals surface area (Å²) in [5.74, 6) is 0.332. The van der Waals surface area contributed by atoms with Crippen molar-refractivity contribution in [2.75, 3.05) is 0 Å². The molecule has 0 saturated heterocycles. The molecule has 1 rings (SSSR count). The average molecular weight is 178 g/mol. The van der Waals surface area contributed by atoms with E-state index in [4.69, 9.17) is 0 Å². The Kier molecular flexibility index (Phi) is 3.07. The van der Waals surface area contributed by atoms with Gasteiger partial charge in [-0.25, -0.2) is 0 Å². The van der Waals surface area contributed by atoms with Gasteiger partial charge in [0.15, 0.2) is 5.78 Å². The largest absolute Gasteiger partial charge is 0.295 e. The van der Waals surface area contributed by atoms with E-state index in [9.17, 15) is 4.79 Å². The summed E-state index contributed by atoms with van der Waals surface area (Å²) in [5.41, 5.74) is 1.19. The lowest BCUT2D eigenvalue weighted by atomic mass is 9.77. The lowest BCUT2D eigenvalue weighted by Crippen LogP contribution is -2.22. The standard InChI is InChI=1S/C12H18O/c1-4-5-6-10-7-8-12(2,3)9-11(10)13/h4,7H,1,5-6,8-9H2,2-3H3. The molecule has 1 heteroatoms. The summed E-state index contributed by atoms with van der Waals surface area (Å²) in [6.45, 7) is 7.95. The van der Waals surface area contributed by atoms with Crippen molar-refractivity contribution in [2.24, 2.45) is 5.41 Å². The van der Waals surface area contributed by atoms with E-state index in [2.05, 4.69) is 26.5 Å². The van der Waals surface area contributed by atoms with Crippen molar-refractivity contribution in [3.05, 3.63) is 24.3 Å². The highest BCUT2D eigenvalue weighted by molar-refractivity contribution is 5.96. The molecule has 0 atom stereocenters. The summed E-state index contributed by atoms with van der Waals surface area (Å²) in [6, 6.07) is 0. The molecule has 0 aromatic heterocycles. The van der Waals surface area contributed by atoms with Crippen molar-refractivity contribution in [3.8, 4) is 0 Å². The molecule has 0 bridgehead atoms. The van der Waals surface area contributed by atoms with Crippen LogP contribution in [-0.2, 0) is 4.79 Å². The van der Waals surface area contributed by atoms with Gasteiger partial charge in [-0.05, 0) is 30.3 Å². The lowest BCUT2D eigenvalue weighted by molar-refractivity contribution is -0.118. The number of hydrogen-bond donors (Lipinski definition) is 0. The van der Waals surface area contributed by atoms with E-state index in [1.54, 1.807) is 0 Å². The fraction of sp³-hybridized carbons (Fsp3) is 0.583. The number of allylic oxidation sites excluding steroid dienone is 3. The van der Waals surface area contributed by atoms with E-state index in [0.717, 1.165) is 24.8 Å². The molecule has 0 heterocycles. The first-order chi connectivity index (χ1) is 6.05. The van der Waals surface area contributed by atoms with Crippen LogP contribution < -0.4 is 0 Å². The highest BCUT2D eigenvalue weighted by Crippen LogP contribution is 2.33. The lowest BCUT2D eigenvalue weighted by Gasteiger charge is -2.27. The maximum absolute atomic E-state index is 11.6. The fourth-order valence-electron chi connectivity index (χ4n) is 1.63. The zero-order valence-electron chi connectivity index (χ0n) is 8.60. The van der Waals surface area contributed by atoms with E-state index in [1.807, 2.05) is 6.08 Å². The predicted molar refractivity (Wildman–Crippen MR) is 55.5 cm³/mol. The van der Waals surface area contributed by atoms with E-state index in [1.165, 1.54) is 0 Å². The first-order valence-corrected chi connectivity index (χ1v) is 4.88. The molecule has 0 fully saturated rings. The predicted octanol–water partition coefficient (Wildman–Crippen LogP) is 3.27. The first kappa shape index (κ1) is 10.2. The van der Waals surface area contributed by atoms with Crippen molar-refractivity contribution in [1.82, 2.24) is 0 Å². The second-order valence-electron chi connectivity index (χ2n) is 4.53. The normalized spacial score (nSPS) is 21.1. The van der Waals surface area contributed by atoms with Gasteiger partial charge in [-0.3, -0.25) is 4.79 Å². The van der Waals surface area contributed by atoms with Gasteiger partial charge in [-0.1, -0.05) is 26.0 Å². The Morgan fingerprint density at radius 2 is 2.31 bits per heavy atom. The SMILES string of the molecule is C=CCCC1=CCC(C)(C)CC1=O. The number of carbonyl (C=O) groups excluding carboxylic acids is 1. The number of rotatable bonds is 3. The van der Waals surface area contributed by atoms with Gasteiger partial charge < -0.3 is 0 Å². The molecular weight excluding hydrogens is 160 g/mol. The summed E-state index contributed by atoms with van der Waals surface area (Å²) in [5, 5.41) is 0. The molecule has 0 aromatic rings. The van der Waals surface area contributed by atoms with Gasteiger partial charge in [0.2, 0.25) is 0 Å². The molecule has 72 valence electrons. The monoisotopic (exact) mass is 178 g/mol. The number of hydrogen-bond acceptors (Lipinski definition) is 1. The van der Waals surface area contributed by atoms with E-state index >= 15 is 0 Å². The van der Waals surface area contributed by atoms with Crippen LogP contribution in [0.1, 0.15) is 39.5 Å². The molecule has 0 aromatic carbocycles. The van der Waals surface area contributed by atoms with E-state index in [0.29, 0.717) is 12.2 Å². The molecular formula is C12H18O. The van der Waals surface area contributed by atoms with Crippen molar-refractivity contribution in [1.29, 1.82) is 0 Å². The summed E-state index contributed by atoms with van der Waals surface area (Å²) in [4.78, 5) is 11.6. The third kappa shape index (κ3) is 2.83. The van der Waals surface area contributed by atoms with Crippen molar-refractivity contribution in [3.63, 3.8) is 0 Å². The summed E-state index contributed by atoms with van der Waals surface area (Å²) in [6.07, 6.45) is 7.50. The van der Waals surface area contributed by atoms with Crippen LogP contribution in [0.4, 0.5) is 0 Å². The molecule has 1 aliphatic rings. The molecule has 0 unspecified atom stereocenters. The summed E-state index contributed by atoms with van der Waals surface area (Å²) in [7, 11) is 0. The van der Waals surface area contributed by atoms with Crippen LogP contribution in [-0.4, -0.2) is 5.78 Å². The topological polar surface area (TPSA) is 17.1 Å². The van der Waals surface area contributed by atoms with Crippen molar-refractivity contribution >= 4 is 5.78 Å². The van der Waals surface area contributed by atoms with Crippen LogP contribution in [0.25, 0.3) is 0 Å². The molecule has 0 aliphatic heterocycles. The van der Waals surface area contributed by atoms with Gasteiger partial charge in [0, 0.05) is 6.42 Å². The minimum absolute atomic E-state index is 0.175.